The van der Waals surface area contributed by atoms with Crippen LogP contribution in [0.2, 0.25) is 0 Å². The molecule has 3 heteroatoms. The van der Waals surface area contributed by atoms with Crippen LogP contribution in [-0.4, -0.2) is 0 Å². The Bertz CT molecular complexity index is 6190. The highest BCUT2D eigenvalue weighted by Crippen LogP contribution is 2.65. The molecule has 5 aliphatic carbocycles. The number of hydrogen-bond donors (Lipinski definition) is 0. The molecule has 15 aromatic rings. The number of furan rings is 2. The molecule has 0 spiro atoms. The van der Waals surface area contributed by atoms with Crippen molar-refractivity contribution in [3.8, 4) is 77.9 Å². The predicted octanol–water partition coefficient (Wildman–Crippen LogP) is 29.7. The van der Waals surface area contributed by atoms with E-state index in [1.165, 1.54) is 221 Å². The minimum atomic E-state index is -0.400. The molecule has 2 aromatic heterocycles. The second kappa shape index (κ2) is 23.8. The van der Waals surface area contributed by atoms with E-state index >= 15 is 0 Å². The van der Waals surface area contributed by atoms with Crippen molar-refractivity contribution < 1.29 is 8.83 Å². The summed E-state index contributed by atoms with van der Waals surface area (Å²) in [6.45, 7) is 24.3. The molecule has 3 nitrogen and oxygen atoms in total. The quantitative estimate of drug-likeness (QED) is 0.0851. The maximum atomic E-state index is 7.26. The van der Waals surface area contributed by atoms with E-state index in [4.69, 9.17) is 8.83 Å². The van der Waals surface area contributed by atoms with Crippen molar-refractivity contribution in [2.45, 2.75) is 173 Å². The van der Waals surface area contributed by atoms with Gasteiger partial charge in [-0.1, -0.05) is 303 Å². The minimum Gasteiger partial charge on any atom is -0.455 e. The highest BCUT2D eigenvalue weighted by atomic mass is 16.3. The fourth-order valence-electron chi connectivity index (χ4n) is 21.4. The lowest BCUT2D eigenvalue weighted by molar-refractivity contribution is 0.399. The van der Waals surface area contributed by atoms with Gasteiger partial charge in [-0.3, -0.25) is 0 Å². The summed E-state index contributed by atoms with van der Waals surface area (Å²) in [5.74, 6) is 0. The average Bonchev–Trinajstić information content (AvgIpc) is 1.50. The fourth-order valence-corrected chi connectivity index (χ4v) is 21.4. The maximum absolute atomic E-state index is 7.26. The molecule has 13 aromatic carbocycles. The Hall–Kier alpha value is -10.5. The molecule has 0 amide bonds. The number of hydrogen-bond acceptors (Lipinski definition) is 3. The van der Waals surface area contributed by atoms with Crippen LogP contribution in [0.1, 0.15) is 202 Å². The number of nitrogens with zero attached hydrogens (tertiary/aromatic N) is 1. The van der Waals surface area contributed by atoms with Gasteiger partial charge in [0.25, 0.3) is 0 Å². The van der Waals surface area contributed by atoms with E-state index in [2.05, 4.69) is 311 Å². The molecule has 0 saturated heterocycles. The second-order valence-corrected chi connectivity index (χ2v) is 34.0. The van der Waals surface area contributed by atoms with Crippen LogP contribution in [0.15, 0.2) is 245 Å². The predicted molar refractivity (Wildman–Crippen MR) is 447 cm³/mol. The lowest BCUT2D eigenvalue weighted by Crippen LogP contribution is -2.25. The molecule has 0 aliphatic heterocycles. The molecule has 20 rings (SSSR count). The Morgan fingerprint density at radius 1 is 0.292 bits per heavy atom. The summed E-state index contributed by atoms with van der Waals surface area (Å²) in [5, 5.41) is 7.14. The molecule has 0 fully saturated rings. The summed E-state index contributed by atoms with van der Waals surface area (Å²) in [6.07, 6.45) is 15.4. The number of para-hydroxylation sites is 2. The van der Waals surface area contributed by atoms with E-state index in [0.29, 0.717) is 0 Å². The molecule has 0 bridgehead atoms. The molecule has 0 unspecified atom stereocenters. The van der Waals surface area contributed by atoms with Crippen molar-refractivity contribution in [1.29, 1.82) is 0 Å². The Morgan fingerprint density at radius 3 is 1.40 bits per heavy atom. The average molecular weight is 1380 g/mol. The summed E-state index contributed by atoms with van der Waals surface area (Å²) in [4.78, 5) is 2.55. The number of unbranched alkanes of at least 4 members (excludes halogenated alkanes) is 8. The molecule has 0 atom stereocenters. The van der Waals surface area contributed by atoms with Gasteiger partial charge in [-0.25, -0.2) is 0 Å². The van der Waals surface area contributed by atoms with Crippen LogP contribution >= 0.6 is 0 Å². The van der Waals surface area contributed by atoms with Crippen LogP contribution in [0, 0.1) is 0 Å². The van der Waals surface area contributed by atoms with Gasteiger partial charge in [-0.05, 0) is 207 Å². The normalized spacial score (nSPS) is 15.7. The largest absolute Gasteiger partial charge is 0.455 e. The molecule has 522 valence electrons. The molecular weight excluding hydrogens is 1280 g/mol. The lowest BCUT2D eigenvalue weighted by atomic mass is 9.70. The maximum Gasteiger partial charge on any atom is 0.144 e. The number of rotatable bonds is 17. The Labute approximate surface area is 625 Å². The fraction of sp³-hybridized carbons (Fsp3) is 0.262. The third kappa shape index (κ3) is 9.17. The van der Waals surface area contributed by atoms with E-state index < -0.39 is 5.41 Å². The van der Waals surface area contributed by atoms with Crippen LogP contribution in [-0.2, 0) is 27.1 Å². The van der Waals surface area contributed by atoms with Crippen molar-refractivity contribution in [2.75, 3.05) is 4.90 Å². The standard InChI is InChI=1S/C103H93NO2/c1-11-13-15-17-29-54-103(55-30-18-16-14-12-2)80-40-26-21-35-69(80)72-50-45-64(57-85(72)103)63-44-49-70-71-51-46-65(58-82(71)99(3,4)81(70)56-63)78-61-86-90(92-76-37-23-27-42-88(76)105-97(78)92)74-52-47-66(59-83(74)100(86,5)6)104(87-41-31-33-62-32-19-20-34-68(62)87)67-48-53-75-84(60-67)102(9,10)96-94(75)98-93(77-38-24-28-43-89(77)106-98)91-73-36-22-25-39-79(73)101(7,8)95(91)96/h19-28,31-53,56-61H,11-18,29-30,54-55H2,1-10H3. The Balaban J connectivity index is 0.690. The van der Waals surface area contributed by atoms with Crippen LogP contribution in [0.5, 0.6) is 0 Å². The SMILES string of the molecule is CCCCCCCC1(CCCCCCC)c2ccccc2-c2ccc(-c3ccc4c(c3)C(C)(C)c3cc(-c5cc6c(c7c5oc5ccccc57)-c5ccc(N(c7ccc8c(c7)C(C)(C)c7c9c(c%10c(oc%11ccccc%11%10)c7-8)-c7ccccc7C9(C)C)c7cccc8ccccc78)cc5C6(C)C)ccc3-4)cc21. The molecule has 5 aliphatic rings. The summed E-state index contributed by atoms with van der Waals surface area (Å²) in [6, 6.07) is 91.1. The number of anilines is 3. The molecule has 0 radical (unpaired) electrons. The first-order valence-corrected chi connectivity index (χ1v) is 39.8. The Kier molecular flexibility index (Phi) is 14.6. The summed E-state index contributed by atoms with van der Waals surface area (Å²) in [7, 11) is 0. The first kappa shape index (κ1) is 65.1. The second-order valence-electron chi connectivity index (χ2n) is 34.0. The third-order valence-corrected chi connectivity index (χ3v) is 26.7. The van der Waals surface area contributed by atoms with Crippen LogP contribution in [0.25, 0.3) is 133 Å². The molecule has 0 saturated carbocycles. The zero-order valence-corrected chi connectivity index (χ0v) is 63.3. The van der Waals surface area contributed by atoms with E-state index in [0.717, 1.165) is 50.3 Å². The summed E-state index contributed by atoms with van der Waals surface area (Å²) >= 11 is 0. The van der Waals surface area contributed by atoms with Crippen molar-refractivity contribution >= 4 is 71.7 Å². The third-order valence-electron chi connectivity index (χ3n) is 26.7. The molecular formula is C103H93NO2. The van der Waals surface area contributed by atoms with Gasteiger partial charge in [0.1, 0.15) is 22.3 Å². The van der Waals surface area contributed by atoms with Gasteiger partial charge in [0.15, 0.2) is 0 Å². The number of fused-ring (bicyclic) bond motifs is 26. The van der Waals surface area contributed by atoms with Gasteiger partial charge in [-0.15, -0.1) is 0 Å². The molecule has 0 N–H and O–H groups in total. The van der Waals surface area contributed by atoms with Gasteiger partial charge in [-0.2, -0.15) is 0 Å². The highest BCUT2D eigenvalue weighted by Gasteiger charge is 2.50. The van der Waals surface area contributed by atoms with Gasteiger partial charge in [0, 0.05) is 76.5 Å². The lowest BCUT2D eigenvalue weighted by Gasteiger charge is -2.33. The zero-order valence-electron chi connectivity index (χ0n) is 63.3. The first-order chi connectivity index (χ1) is 51.5. The van der Waals surface area contributed by atoms with E-state index in [1.807, 2.05) is 0 Å². The highest BCUT2D eigenvalue weighted by molar-refractivity contribution is 6.22. The van der Waals surface area contributed by atoms with Crippen molar-refractivity contribution in [3.05, 3.63) is 292 Å². The van der Waals surface area contributed by atoms with Crippen LogP contribution in [0.3, 0.4) is 0 Å². The smallest absolute Gasteiger partial charge is 0.144 e. The van der Waals surface area contributed by atoms with Gasteiger partial charge in [0.05, 0.1) is 5.69 Å². The van der Waals surface area contributed by atoms with Gasteiger partial charge in [0.2, 0.25) is 0 Å². The molecule has 106 heavy (non-hydrogen) atoms. The van der Waals surface area contributed by atoms with Crippen LogP contribution in [0.4, 0.5) is 17.1 Å². The van der Waals surface area contributed by atoms with Crippen molar-refractivity contribution in [2.24, 2.45) is 0 Å². The van der Waals surface area contributed by atoms with Gasteiger partial charge >= 0.3 is 0 Å². The summed E-state index contributed by atoms with van der Waals surface area (Å²) < 4.78 is 14.4. The van der Waals surface area contributed by atoms with Crippen molar-refractivity contribution in [3.63, 3.8) is 0 Å². The zero-order chi connectivity index (χ0) is 71.9. The first-order valence-electron chi connectivity index (χ1n) is 39.8. The minimum absolute atomic E-state index is 0.0297. The van der Waals surface area contributed by atoms with E-state index in [-0.39, 0.29) is 21.7 Å². The van der Waals surface area contributed by atoms with Crippen LogP contribution < -0.4 is 4.90 Å². The van der Waals surface area contributed by atoms with Gasteiger partial charge < -0.3 is 13.7 Å². The molecule has 2 heterocycles. The summed E-state index contributed by atoms with van der Waals surface area (Å²) in [5.41, 5.74) is 38.0. The topological polar surface area (TPSA) is 29.5 Å². The monoisotopic (exact) mass is 1380 g/mol. The van der Waals surface area contributed by atoms with Crippen molar-refractivity contribution in [1.82, 2.24) is 0 Å². The number of benzene rings is 13. The van der Waals surface area contributed by atoms with E-state index in [9.17, 15) is 0 Å². The Morgan fingerprint density at radius 2 is 0.736 bits per heavy atom. The van der Waals surface area contributed by atoms with E-state index in [1.54, 1.807) is 11.1 Å².